The molecule has 4 N–H and O–H groups in total. The first-order valence-corrected chi connectivity index (χ1v) is 5.46. The fourth-order valence-electron chi connectivity index (χ4n) is 1.28. The fraction of sp³-hybridized carbons (Fsp3) is 0.300. The zero-order chi connectivity index (χ0) is 12.1. The number of nitrogens with one attached hydrogen (secondary N) is 1. The van der Waals surface area contributed by atoms with E-state index in [2.05, 4.69) is 10.5 Å². The predicted molar refractivity (Wildman–Crippen MR) is 67.6 cm³/mol. The van der Waals surface area contributed by atoms with E-state index in [-0.39, 0.29) is 11.9 Å². The van der Waals surface area contributed by atoms with Crippen molar-refractivity contribution in [1.82, 2.24) is 0 Å². The highest BCUT2D eigenvalue weighted by Gasteiger charge is 2.06. The summed E-state index contributed by atoms with van der Waals surface area (Å²) in [7, 11) is 0. The summed E-state index contributed by atoms with van der Waals surface area (Å²) in [6, 6.07) is 5.29. The van der Waals surface area contributed by atoms with Crippen LogP contribution >= 0.6 is 23.2 Å². The average Bonchev–Trinajstić information content (AvgIpc) is 2.23. The Balaban J connectivity index is 2.63. The SMILES string of the molecule is CC(CC(N)=NO)Nc1ccc(Cl)c(Cl)c1. The Morgan fingerprint density at radius 3 is 2.75 bits per heavy atom. The van der Waals surface area contributed by atoms with Gasteiger partial charge < -0.3 is 16.3 Å². The standard InChI is InChI=1S/C10H13Cl2N3O/c1-6(4-10(13)15-16)14-7-2-3-8(11)9(12)5-7/h2-3,5-6,14,16H,4H2,1H3,(H2,13,15). The Hall–Kier alpha value is -1.13. The highest BCUT2D eigenvalue weighted by Crippen LogP contribution is 2.25. The molecule has 0 bridgehead atoms. The Morgan fingerprint density at radius 1 is 1.50 bits per heavy atom. The summed E-state index contributed by atoms with van der Waals surface area (Å²) < 4.78 is 0. The van der Waals surface area contributed by atoms with Gasteiger partial charge in [-0.05, 0) is 25.1 Å². The second-order valence-electron chi connectivity index (χ2n) is 3.47. The molecule has 0 heterocycles. The highest BCUT2D eigenvalue weighted by atomic mass is 35.5. The number of benzene rings is 1. The van der Waals surface area contributed by atoms with Crippen molar-refractivity contribution in [2.45, 2.75) is 19.4 Å². The van der Waals surface area contributed by atoms with E-state index in [4.69, 9.17) is 34.1 Å². The molecule has 1 unspecified atom stereocenters. The molecule has 0 aliphatic carbocycles. The molecular formula is C10H13Cl2N3O. The zero-order valence-corrected chi connectivity index (χ0v) is 10.3. The first-order chi connectivity index (χ1) is 7.52. The molecule has 88 valence electrons. The third kappa shape index (κ3) is 3.79. The second kappa shape index (κ2) is 5.82. The molecule has 1 aromatic carbocycles. The number of amidine groups is 1. The molecule has 0 aromatic heterocycles. The van der Waals surface area contributed by atoms with Gasteiger partial charge in [0.1, 0.15) is 5.84 Å². The van der Waals surface area contributed by atoms with E-state index in [1.54, 1.807) is 12.1 Å². The number of nitrogens with zero attached hydrogens (tertiary/aromatic N) is 1. The first-order valence-electron chi connectivity index (χ1n) is 4.71. The van der Waals surface area contributed by atoms with Crippen LogP contribution in [0.25, 0.3) is 0 Å². The molecule has 0 saturated carbocycles. The number of nitrogens with two attached hydrogens (primary N) is 1. The predicted octanol–water partition coefficient (Wildman–Crippen LogP) is 2.93. The van der Waals surface area contributed by atoms with Gasteiger partial charge in [-0.2, -0.15) is 0 Å². The molecule has 16 heavy (non-hydrogen) atoms. The van der Waals surface area contributed by atoms with Gasteiger partial charge in [0.2, 0.25) is 0 Å². The molecule has 0 amide bonds. The topological polar surface area (TPSA) is 70.6 Å². The van der Waals surface area contributed by atoms with E-state index in [9.17, 15) is 0 Å². The van der Waals surface area contributed by atoms with E-state index in [0.29, 0.717) is 16.5 Å². The Kier molecular flexibility index (Phi) is 4.71. The summed E-state index contributed by atoms with van der Waals surface area (Å²) in [4.78, 5) is 0. The van der Waals surface area contributed by atoms with E-state index >= 15 is 0 Å². The highest BCUT2D eigenvalue weighted by molar-refractivity contribution is 6.42. The van der Waals surface area contributed by atoms with Crippen LogP contribution in [0.15, 0.2) is 23.4 Å². The van der Waals surface area contributed by atoms with Crippen molar-refractivity contribution in [3.63, 3.8) is 0 Å². The van der Waals surface area contributed by atoms with Crippen molar-refractivity contribution in [3.8, 4) is 0 Å². The maximum absolute atomic E-state index is 8.43. The van der Waals surface area contributed by atoms with Crippen LogP contribution in [0.3, 0.4) is 0 Å². The van der Waals surface area contributed by atoms with Crippen molar-refractivity contribution < 1.29 is 5.21 Å². The maximum atomic E-state index is 8.43. The minimum Gasteiger partial charge on any atom is -0.409 e. The van der Waals surface area contributed by atoms with E-state index in [1.165, 1.54) is 0 Å². The lowest BCUT2D eigenvalue weighted by molar-refractivity contribution is 0.316. The molecule has 0 radical (unpaired) electrons. The van der Waals surface area contributed by atoms with Crippen molar-refractivity contribution in [3.05, 3.63) is 28.2 Å². The van der Waals surface area contributed by atoms with Crippen LogP contribution in [0.2, 0.25) is 10.0 Å². The minimum absolute atomic E-state index is 0.0353. The van der Waals surface area contributed by atoms with Crippen LogP contribution in [-0.4, -0.2) is 17.1 Å². The van der Waals surface area contributed by atoms with Gasteiger partial charge in [-0.3, -0.25) is 0 Å². The summed E-state index contributed by atoms with van der Waals surface area (Å²) in [5.41, 5.74) is 6.23. The molecule has 1 rings (SSSR count). The Morgan fingerprint density at radius 2 is 2.19 bits per heavy atom. The van der Waals surface area contributed by atoms with Crippen LogP contribution < -0.4 is 11.1 Å². The molecule has 0 aliphatic rings. The number of anilines is 1. The first kappa shape index (κ1) is 12.9. The van der Waals surface area contributed by atoms with Crippen LogP contribution in [0.4, 0.5) is 5.69 Å². The Bertz CT molecular complexity index is 396. The lowest BCUT2D eigenvalue weighted by Gasteiger charge is -2.14. The minimum atomic E-state index is 0.0353. The fourth-order valence-corrected chi connectivity index (χ4v) is 1.57. The van der Waals surface area contributed by atoms with Crippen LogP contribution in [0, 0.1) is 0 Å². The van der Waals surface area contributed by atoms with Crippen molar-refractivity contribution in [2.24, 2.45) is 10.9 Å². The molecule has 0 aliphatic heterocycles. The Labute approximate surface area is 104 Å². The van der Waals surface area contributed by atoms with Gasteiger partial charge >= 0.3 is 0 Å². The van der Waals surface area contributed by atoms with Gasteiger partial charge in [-0.15, -0.1) is 0 Å². The second-order valence-corrected chi connectivity index (χ2v) is 4.28. The van der Waals surface area contributed by atoms with Gasteiger partial charge in [-0.25, -0.2) is 0 Å². The lowest BCUT2D eigenvalue weighted by Crippen LogP contribution is -2.24. The molecule has 6 heteroatoms. The summed E-state index contributed by atoms with van der Waals surface area (Å²) in [6.45, 7) is 1.92. The summed E-state index contributed by atoms with van der Waals surface area (Å²) in [5.74, 6) is 0.181. The van der Waals surface area contributed by atoms with Crippen LogP contribution in [0.1, 0.15) is 13.3 Å². The van der Waals surface area contributed by atoms with Gasteiger partial charge in [0.15, 0.2) is 0 Å². The van der Waals surface area contributed by atoms with Gasteiger partial charge in [0, 0.05) is 18.2 Å². The normalized spacial score (nSPS) is 13.6. The smallest absolute Gasteiger partial charge is 0.141 e. The largest absolute Gasteiger partial charge is 0.409 e. The maximum Gasteiger partial charge on any atom is 0.141 e. The van der Waals surface area contributed by atoms with Crippen molar-refractivity contribution in [2.75, 3.05) is 5.32 Å². The van der Waals surface area contributed by atoms with Crippen LogP contribution in [0.5, 0.6) is 0 Å². The summed E-state index contributed by atoms with van der Waals surface area (Å²) in [5, 5.41) is 15.5. The number of hydrogen-bond donors (Lipinski definition) is 3. The third-order valence-electron chi connectivity index (χ3n) is 1.98. The van der Waals surface area contributed by atoms with Gasteiger partial charge in [0.05, 0.1) is 10.0 Å². The van der Waals surface area contributed by atoms with Crippen molar-refractivity contribution in [1.29, 1.82) is 0 Å². The molecule has 1 aromatic rings. The summed E-state index contributed by atoms with van der Waals surface area (Å²) in [6.07, 6.45) is 0.441. The van der Waals surface area contributed by atoms with E-state index in [1.807, 2.05) is 13.0 Å². The van der Waals surface area contributed by atoms with Crippen LogP contribution in [-0.2, 0) is 0 Å². The molecule has 0 saturated heterocycles. The monoisotopic (exact) mass is 261 g/mol. The van der Waals surface area contributed by atoms with Gasteiger partial charge in [-0.1, -0.05) is 28.4 Å². The zero-order valence-electron chi connectivity index (χ0n) is 8.74. The quantitative estimate of drug-likeness (QED) is 0.338. The number of oxime groups is 1. The van der Waals surface area contributed by atoms with E-state index < -0.39 is 0 Å². The van der Waals surface area contributed by atoms with E-state index in [0.717, 1.165) is 5.69 Å². The molecule has 1 atom stereocenters. The van der Waals surface area contributed by atoms with Crippen molar-refractivity contribution >= 4 is 34.7 Å². The number of hydrogen-bond acceptors (Lipinski definition) is 3. The third-order valence-corrected chi connectivity index (χ3v) is 2.72. The number of rotatable bonds is 4. The molecule has 0 spiro atoms. The van der Waals surface area contributed by atoms with Gasteiger partial charge in [0.25, 0.3) is 0 Å². The molecule has 4 nitrogen and oxygen atoms in total. The lowest BCUT2D eigenvalue weighted by atomic mass is 10.2. The molecule has 0 fully saturated rings. The average molecular weight is 262 g/mol. The number of halogens is 2. The molecular weight excluding hydrogens is 249 g/mol. The summed E-state index contributed by atoms with van der Waals surface area (Å²) >= 11 is 11.7.